The molecular formula is C20H31FN6. The zero-order chi connectivity index (χ0) is 19.1. The van der Waals surface area contributed by atoms with E-state index < -0.39 is 0 Å². The first-order chi connectivity index (χ1) is 13.2. The smallest absolute Gasteiger partial charge is 0.172 e. The van der Waals surface area contributed by atoms with Crippen LogP contribution in [0, 0.1) is 17.7 Å². The molecule has 3 unspecified atom stereocenters. The van der Waals surface area contributed by atoms with Crippen molar-refractivity contribution < 1.29 is 4.39 Å². The summed E-state index contributed by atoms with van der Waals surface area (Å²) < 4.78 is 15.3. The van der Waals surface area contributed by atoms with E-state index in [9.17, 15) is 4.39 Å². The second-order valence-electron chi connectivity index (χ2n) is 7.64. The summed E-state index contributed by atoms with van der Waals surface area (Å²) in [6.45, 7) is 4.60. The van der Waals surface area contributed by atoms with Gasteiger partial charge in [0.05, 0.1) is 6.04 Å². The fraction of sp³-hybridized carbons (Fsp3) is 0.650. The molecule has 0 amide bonds. The highest BCUT2D eigenvalue weighted by Gasteiger charge is 2.25. The van der Waals surface area contributed by atoms with E-state index in [2.05, 4.69) is 27.8 Å². The van der Waals surface area contributed by atoms with Crippen molar-refractivity contribution in [1.82, 2.24) is 25.5 Å². The lowest BCUT2D eigenvalue weighted by Crippen LogP contribution is -2.33. The molecule has 27 heavy (non-hydrogen) atoms. The Labute approximate surface area is 160 Å². The number of nitrogens with one attached hydrogen (secondary N) is 1. The van der Waals surface area contributed by atoms with Gasteiger partial charge < -0.3 is 11.1 Å². The molecule has 0 spiro atoms. The van der Waals surface area contributed by atoms with Gasteiger partial charge in [0.25, 0.3) is 0 Å². The summed E-state index contributed by atoms with van der Waals surface area (Å²) in [7, 11) is 0. The summed E-state index contributed by atoms with van der Waals surface area (Å²) in [5.74, 6) is 1.79. The first-order valence-electron chi connectivity index (χ1n) is 10.2. The zero-order valence-corrected chi connectivity index (χ0v) is 16.1. The minimum absolute atomic E-state index is 0.143. The van der Waals surface area contributed by atoms with Crippen molar-refractivity contribution >= 4 is 0 Å². The highest BCUT2D eigenvalue weighted by atomic mass is 19.1. The molecule has 148 valence electrons. The van der Waals surface area contributed by atoms with E-state index in [1.54, 1.807) is 0 Å². The predicted octanol–water partition coefficient (Wildman–Crippen LogP) is 3.06. The molecule has 2 aromatic rings. The number of halogens is 1. The van der Waals surface area contributed by atoms with Gasteiger partial charge in [-0.2, -0.15) is 0 Å². The molecular weight excluding hydrogens is 343 g/mol. The first kappa shape index (κ1) is 19.9. The molecule has 1 fully saturated rings. The Bertz CT molecular complexity index is 686. The minimum Gasteiger partial charge on any atom is -0.330 e. The van der Waals surface area contributed by atoms with Crippen molar-refractivity contribution in [1.29, 1.82) is 0 Å². The van der Waals surface area contributed by atoms with E-state index in [1.165, 1.54) is 37.8 Å². The van der Waals surface area contributed by atoms with Gasteiger partial charge in [0, 0.05) is 6.54 Å². The molecule has 6 nitrogen and oxygen atoms in total. The number of rotatable bonds is 9. The van der Waals surface area contributed by atoms with Crippen LogP contribution in [0.1, 0.15) is 62.9 Å². The zero-order valence-electron chi connectivity index (χ0n) is 16.1. The monoisotopic (exact) mass is 374 g/mol. The Hall–Kier alpha value is -1.86. The maximum atomic E-state index is 13.4. The van der Waals surface area contributed by atoms with Gasteiger partial charge in [-0.15, -0.1) is 5.10 Å². The molecule has 1 aliphatic rings. The van der Waals surface area contributed by atoms with E-state index in [0.29, 0.717) is 11.8 Å². The molecule has 1 heterocycles. The third-order valence-electron chi connectivity index (χ3n) is 5.58. The van der Waals surface area contributed by atoms with E-state index in [1.807, 2.05) is 16.8 Å². The molecule has 1 aromatic carbocycles. The fourth-order valence-electron chi connectivity index (χ4n) is 3.99. The highest BCUT2D eigenvalue weighted by molar-refractivity contribution is 5.25. The number of aryl methyl sites for hydroxylation is 1. The van der Waals surface area contributed by atoms with E-state index in [4.69, 9.17) is 5.73 Å². The largest absolute Gasteiger partial charge is 0.330 e. The maximum Gasteiger partial charge on any atom is 0.172 e. The van der Waals surface area contributed by atoms with Crippen LogP contribution in [0.15, 0.2) is 24.3 Å². The average Bonchev–Trinajstić information content (AvgIpc) is 3.16. The number of hydrogen-bond acceptors (Lipinski definition) is 5. The molecule has 3 rings (SSSR count). The molecule has 0 bridgehead atoms. The van der Waals surface area contributed by atoms with Gasteiger partial charge >= 0.3 is 0 Å². The standard InChI is InChI=1S/C20H31FN6/c1-2-3-11-27-20(24-25-26-27)19(17-7-9-18(21)10-8-17)23-14-16-6-4-5-15(12-16)13-22/h7-10,15-16,19,23H,2-6,11-14,22H2,1H3. The Kier molecular flexibility index (Phi) is 7.29. The predicted molar refractivity (Wildman–Crippen MR) is 103 cm³/mol. The van der Waals surface area contributed by atoms with E-state index in [0.717, 1.165) is 43.9 Å². The minimum atomic E-state index is -0.235. The number of tetrazole rings is 1. The summed E-state index contributed by atoms with van der Waals surface area (Å²) in [5.41, 5.74) is 6.87. The van der Waals surface area contributed by atoms with Crippen LogP contribution in [0.5, 0.6) is 0 Å². The van der Waals surface area contributed by atoms with Crippen molar-refractivity contribution in [2.45, 2.75) is 58.0 Å². The van der Waals surface area contributed by atoms with Crippen LogP contribution in [0.2, 0.25) is 0 Å². The van der Waals surface area contributed by atoms with Crippen molar-refractivity contribution in [2.24, 2.45) is 17.6 Å². The van der Waals surface area contributed by atoms with Crippen LogP contribution in [-0.4, -0.2) is 33.3 Å². The van der Waals surface area contributed by atoms with E-state index >= 15 is 0 Å². The van der Waals surface area contributed by atoms with Gasteiger partial charge in [-0.05, 0) is 78.7 Å². The summed E-state index contributed by atoms with van der Waals surface area (Å²) in [6.07, 6.45) is 6.97. The normalized spacial score (nSPS) is 21.3. The van der Waals surface area contributed by atoms with Crippen LogP contribution in [-0.2, 0) is 6.54 Å². The lowest BCUT2D eigenvalue weighted by atomic mass is 9.81. The molecule has 0 radical (unpaired) electrons. The van der Waals surface area contributed by atoms with Gasteiger partial charge in [0.15, 0.2) is 5.82 Å². The fourth-order valence-corrected chi connectivity index (χ4v) is 3.99. The van der Waals surface area contributed by atoms with E-state index in [-0.39, 0.29) is 11.9 Å². The molecule has 3 N–H and O–H groups in total. The van der Waals surface area contributed by atoms with Gasteiger partial charge in [-0.1, -0.05) is 31.9 Å². The summed E-state index contributed by atoms with van der Waals surface area (Å²) >= 11 is 0. The maximum absolute atomic E-state index is 13.4. The molecule has 0 saturated heterocycles. The lowest BCUT2D eigenvalue weighted by Gasteiger charge is -2.30. The summed E-state index contributed by atoms with van der Waals surface area (Å²) in [5, 5.41) is 16.0. The van der Waals surface area contributed by atoms with Crippen LogP contribution in [0.3, 0.4) is 0 Å². The van der Waals surface area contributed by atoms with Crippen LogP contribution < -0.4 is 11.1 Å². The van der Waals surface area contributed by atoms with Crippen molar-refractivity contribution in [3.8, 4) is 0 Å². The third-order valence-corrected chi connectivity index (χ3v) is 5.58. The van der Waals surface area contributed by atoms with Gasteiger partial charge in [-0.3, -0.25) is 0 Å². The van der Waals surface area contributed by atoms with Gasteiger partial charge in [0.2, 0.25) is 0 Å². The number of nitrogens with zero attached hydrogens (tertiary/aromatic N) is 4. The van der Waals surface area contributed by atoms with Crippen LogP contribution in [0.25, 0.3) is 0 Å². The second kappa shape index (κ2) is 9.90. The van der Waals surface area contributed by atoms with Gasteiger partial charge in [0.1, 0.15) is 5.82 Å². The number of hydrogen-bond donors (Lipinski definition) is 2. The van der Waals surface area contributed by atoms with Gasteiger partial charge in [-0.25, -0.2) is 9.07 Å². The topological polar surface area (TPSA) is 81.7 Å². The molecule has 3 atom stereocenters. The summed E-state index contributed by atoms with van der Waals surface area (Å²) in [6, 6.07) is 6.48. The Morgan fingerprint density at radius 1 is 1.26 bits per heavy atom. The third kappa shape index (κ3) is 5.32. The van der Waals surface area contributed by atoms with Crippen LogP contribution >= 0.6 is 0 Å². The Morgan fingerprint density at radius 2 is 2.04 bits per heavy atom. The SMILES string of the molecule is CCCCn1nnnc1C(NCC1CCCC(CN)C1)c1ccc(F)cc1. The lowest BCUT2D eigenvalue weighted by molar-refractivity contribution is 0.259. The number of benzene rings is 1. The van der Waals surface area contributed by atoms with Crippen molar-refractivity contribution in [3.05, 3.63) is 41.5 Å². The molecule has 1 aromatic heterocycles. The Morgan fingerprint density at radius 3 is 2.78 bits per heavy atom. The van der Waals surface area contributed by atoms with Crippen molar-refractivity contribution in [3.63, 3.8) is 0 Å². The molecule has 7 heteroatoms. The Balaban J connectivity index is 1.76. The number of nitrogens with two attached hydrogens (primary N) is 1. The van der Waals surface area contributed by atoms with Crippen LogP contribution in [0.4, 0.5) is 4.39 Å². The van der Waals surface area contributed by atoms with Crippen molar-refractivity contribution in [2.75, 3.05) is 13.1 Å². The quantitative estimate of drug-likeness (QED) is 0.705. The summed E-state index contributed by atoms with van der Waals surface area (Å²) in [4.78, 5) is 0. The molecule has 1 saturated carbocycles. The second-order valence-corrected chi connectivity index (χ2v) is 7.64. The number of aromatic nitrogens is 4. The molecule has 0 aliphatic heterocycles. The average molecular weight is 375 g/mol. The highest BCUT2D eigenvalue weighted by Crippen LogP contribution is 2.29. The molecule has 1 aliphatic carbocycles. The first-order valence-corrected chi connectivity index (χ1v) is 10.2. The number of unbranched alkanes of at least 4 members (excludes halogenated alkanes) is 1.